The predicted molar refractivity (Wildman–Crippen MR) is 133 cm³/mol. The fraction of sp³-hybridized carbons (Fsp3) is 0.520. The Morgan fingerprint density at radius 3 is 2.53 bits per heavy atom. The molecule has 1 N–H and O–H groups in total. The molecule has 1 fully saturated rings. The molecule has 0 bridgehead atoms. The number of carbonyl (C=O) groups excluding carboxylic acids is 2. The minimum atomic E-state index is -4.05. The second-order valence-electron chi connectivity index (χ2n) is 8.89. The molecule has 1 aromatic heterocycles. The highest BCUT2D eigenvalue weighted by Crippen LogP contribution is 2.34. The van der Waals surface area contributed by atoms with Crippen LogP contribution in [0, 0.1) is 19.8 Å². The van der Waals surface area contributed by atoms with Crippen molar-refractivity contribution >= 4 is 27.6 Å². The van der Waals surface area contributed by atoms with Crippen molar-refractivity contribution in [1.29, 1.82) is 0 Å². The Morgan fingerprint density at radius 2 is 1.83 bits per heavy atom. The summed E-state index contributed by atoms with van der Waals surface area (Å²) in [6.45, 7) is 8.86. The third-order valence-corrected chi connectivity index (χ3v) is 8.71. The average Bonchev–Trinajstić information content (AvgIpc) is 3.14. The number of aromatic nitrogens is 1. The zero-order valence-corrected chi connectivity index (χ0v) is 21.9. The van der Waals surface area contributed by atoms with E-state index in [2.05, 4.69) is 5.32 Å². The van der Waals surface area contributed by atoms with Crippen LogP contribution in [0.1, 0.15) is 48.4 Å². The topological polar surface area (TPSA) is 116 Å². The third-order valence-electron chi connectivity index (χ3n) is 6.69. The van der Waals surface area contributed by atoms with Crippen molar-refractivity contribution < 1.29 is 32.2 Å². The second kappa shape index (κ2) is 10.5. The van der Waals surface area contributed by atoms with Crippen LogP contribution in [0.2, 0.25) is 0 Å². The van der Waals surface area contributed by atoms with E-state index in [9.17, 15) is 18.0 Å². The number of sulfonamides is 1. The van der Waals surface area contributed by atoms with E-state index in [0.29, 0.717) is 61.2 Å². The van der Waals surface area contributed by atoms with E-state index < -0.39 is 21.9 Å². The van der Waals surface area contributed by atoms with Crippen molar-refractivity contribution in [2.45, 2.75) is 52.0 Å². The van der Waals surface area contributed by atoms with Crippen LogP contribution in [0.25, 0.3) is 0 Å². The highest BCUT2D eigenvalue weighted by Gasteiger charge is 2.39. The minimum absolute atomic E-state index is 0.0246. The van der Waals surface area contributed by atoms with Gasteiger partial charge in [0.25, 0.3) is 0 Å². The van der Waals surface area contributed by atoms with Crippen LogP contribution >= 0.6 is 0 Å². The number of hydrogen-bond donors (Lipinski definition) is 1. The largest absolute Gasteiger partial charge is 0.486 e. The lowest BCUT2D eigenvalue weighted by Crippen LogP contribution is -2.44. The van der Waals surface area contributed by atoms with Gasteiger partial charge in [-0.25, -0.2) is 13.2 Å². The SMILES string of the molecule is CCOC(=O)c1c(S(=O)(=O)N2CCC[C@@H](C(=O)Nc3ccc4c(c3)OCCO4)C2)c(C)n(CC)c1C. The van der Waals surface area contributed by atoms with Crippen molar-refractivity contribution in [1.82, 2.24) is 8.87 Å². The lowest BCUT2D eigenvalue weighted by molar-refractivity contribution is -0.120. The number of amides is 1. The van der Waals surface area contributed by atoms with E-state index >= 15 is 0 Å². The number of nitrogens with one attached hydrogen (secondary N) is 1. The number of piperidine rings is 1. The lowest BCUT2D eigenvalue weighted by atomic mass is 9.98. The molecule has 1 aromatic carbocycles. The molecule has 11 heteroatoms. The zero-order valence-electron chi connectivity index (χ0n) is 21.1. The summed E-state index contributed by atoms with van der Waals surface area (Å²) in [6, 6.07) is 5.17. The first-order valence-corrected chi connectivity index (χ1v) is 13.7. The van der Waals surface area contributed by atoms with Crippen molar-refractivity contribution in [2.75, 3.05) is 38.2 Å². The van der Waals surface area contributed by atoms with Gasteiger partial charge in [0, 0.05) is 42.8 Å². The number of anilines is 1. The van der Waals surface area contributed by atoms with Crippen molar-refractivity contribution in [3.05, 3.63) is 35.2 Å². The number of hydrogen-bond acceptors (Lipinski definition) is 7. The molecular formula is C25H33N3O7S. The quantitative estimate of drug-likeness (QED) is 0.559. The number of fused-ring (bicyclic) bond motifs is 1. The fourth-order valence-electron chi connectivity index (χ4n) is 4.96. The maximum atomic E-state index is 13.8. The second-order valence-corrected chi connectivity index (χ2v) is 10.8. The number of rotatable bonds is 7. The van der Waals surface area contributed by atoms with Gasteiger partial charge in [0.1, 0.15) is 23.7 Å². The molecule has 1 amide bonds. The molecule has 0 spiro atoms. The van der Waals surface area contributed by atoms with Gasteiger partial charge in [0.15, 0.2) is 11.5 Å². The Balaban J connectivity index is 1.57. The third kappa shape index (κ3) is 4.81. The molecule has 0 unspecified atom stereocenters. The van der Waals surface area contributed by atoms with Crippen LogP contribution in [0.5, 0.6) is 11.5 Å². The van der Waals surface area contributed by atoms with Crippen LogP contribution < -0.4 is 14.8 Å². The van der Waals surface area contributed by atoms with Gasteiger partial charge in [-0.05, 0) is 52.7 Å². The number of esters is 1. The Hall–Kier alpha value is -3.05. The molecule has 4 rings (SSSR count). The number of carbonyl (C=O) groups is 2. The van der Waals surface area contributed by atoms with Gasteiger partial charge in [-0.3, -0.25) is 4.79 Å². The molecule has 10 nitrogen and oxygen atoms in total. The van der Waals surface area contributed by atoms with Gasteiger partial charge in [-0.2, -0.15) is 4.31 Å². The summed E-state index contributed by atoms with van der Waals surface area (Å²) >= 11 is 0. The molecule has 2 aliphatic heterocycles. The van der Waals surface area contributed by atoms with E-state index in [4.69, 9.17) is 14.2 Å². The molecule has 1 saturated heterocycles. The van der Waals surface area contributed by atoms with E-state index in [0.717, 1.165) is 0 Å². The van der Waals surface area contributed by atoms with Crippen LogP contribution in [-0.4, -0.2) is 62.1 Å². The summed E-state index contributed by atoms with van der Waals surface area (Å²) in [5.41, 5.74) is 1.66. The lowest BCUT2D eigenvalue weighted by Gasteiger charge is -2.31. The number of nitrogens with zero attached hydrogens (tertiary/aromatic N) is 2. The molecule has 36 heavy (non-hydrogen) atoms. The first kappa shape index (κ1) is 26.0. The normalized spacial score (nSPS) is 18.1. The molecule has 3 heterocycles. The Kier molecular flexibility index (Phi) is 7.60. The Bertz CT molecular complexity index is 1270. The maximum Gasteiger partial charge on any atom is 0.341 e. The van der Waals surface area contributed by atoms with Gasteiger partial charge in [0.2, 0.25) is 15.9 Å². The standard InChI is InChI=1S/C25H33N3O7S/c1-5-28-16(3)22(25(30)33-6-2)23(17(28)4)36(31,32)27-11-7-8-18(15-27)24(29)26-19-9-10-20-21(14-19)35-13-12-34-20/h9-10,14,18H,5-8,11-13,15H2,1-4H3,(H,26,29)/t18-/m1/s1. The van der Waals surface area contributed by atoms with Crippen molar-refractivity contribution in [2.24, 2.45) is 5.92 Å². The Morgan fingerprint density at radius 1 is 1.11 bits per heavy atom. The monoisotopic (exact) mass is 519 g/mol. The molecule has 2 aliphatic rings. The Labute approximate surface area is 211 Å². The van der Waals surface area contributed by atoms with E-state index in [1.165, 1.54) is 4.31 Å². The summed E-state index contributed by atoms with van der Waals surface area (Å²) in [5.74, 6) is -0.284. The highest BCUT2D eigenvalue weighted by molar-refractivity contribution is 7.89. The van der Waals surface area contributed by atoms with Crippen LogP contribution in [0.3, 0.4) is 0 Å². The summed E-state index contributed by atoms with van der Waals surface area (Å²) in [7, 11) is -4.05. The maximum absolute atomic E-state index is 13.8. The molecule has 196 valence electrons. The minimum Gasteiger partial charge on any atom is -0.486 e. The van der Waals surface area contributed by atoms with E-state index in [1.807, 2.05) is 6.92 Å². The van der Waals surface area contributed by atoms with Crippen molar-refractivity contribution in [3.63, 3.8) is 0 Å². The highest BCUT2D eigenvalue weighted by atomic mass is 32.2. The number of ether oxygens (including phenoxy) is 3. The van der Waals surface area contributed by atoms with Gasteiger partial charge in [0.05, 0.1) is 12.5 Å². The van der Waals surface area contributed by atoms with Gasteiger partial charge >= 0.3 is 5.97 Å². The van der Waals surface area contributed by atoms with Crippen LogP contribution in [0.15, 0.2) is 23.1 Å². The van der Waals surface area contributed by atoms with Crippen LogP contribution in [0.4, 0.5) is 5.69 Å². The summed E-state index contributed by atoms with van der Waals surface area (Å²) in [5, 5.41) is 2.88. The molecule has 0 radical (unpaired) electrons. The van der Waals surface area contributed by atoms with Crippen molar-refractivity contribution in [3.8, 4) is 11.5 Å². The summed E-state index contributed by atoms with van der Waals surface area (Å²) in [6.07, 6.45) is 1.08. The van der Waals surface area contributed by atoms with Gasteiger partial charge in [-0.15, -0.1) is 0 Å². The fourth-order valence-corrected chi connectivity index (χ4v) is 6.93. The summed E-state index contributed by atoms with van der Waals surface area (Å²) in [4.78, 5) is 25.8. The average molecular weight is 520 g/mol. The summed E-state index contributed by atoms with van der Waals surface area (Å²) < 4.78 is 47.1. The number of benzene rings is 1. The van der Waals surface area contributed by atoms with E-state index in [1.54, 1.807) is 43.5 Å². The molecule has 0 aliphatic carbocycles. The predicted octanol–water partition coefficient (Wildman–Crippen LogP) is 3.11. The van der Waals surface area contributed by atoms with Gasteiger partial charge < -0.3 is 24.1 Å². The van der Waals surface area contributed by atoms with Crippen LogP contribution in [-0.2, 0) is 26.1 Å². The molecule has 1 atom stereocenters. The first-order chi connectivity index (χ1) is 17.2. The van der Waals surface area contributed by atoms with Gasteiger partial charge in [-0.1, -0.05) is 0 Å². The molecule has 0 saturated carbocycles. The molecule has 2 aromatic rings. The zero-order chi connectivity index (χ0) is 26.0. The first-order valence-electron chi connectivity index (χ1n) is 12.3. The van der Waals surface area contributed by atoms with E-state index in [-0.39, 0.29) is 36.1 Å². The molecular weight excluding hydrogens is 486 g/mol. The smallest absolute Gasteiger partial charge is 0.341 e.